The van der Waals surface area contributed by atoms with Crippen molar-refractivity contribution in [1.82, 2.24) is 10.2 Å². The van der Waals surface area contributed by atoms with Crippen molar-refractivity contribution in [1.29, 1.82) is 0 Å². The standard InChI is InChI=1S/C31H39N3O5S/c1-8-21-11-9-10-12-24(21)27(28(35)32-22-13-15-23(38-6)16-14-22)34(26-19-20(26)2)29(36)25(17-18-40-7)33-30(37)39-31(3,4)5/h1,9-16,20,25-27H,17-19H2,2-7H3,(H,32,35)(H,33,37). The zero-order valence-corrected chi connectivity index (χ0v) is 24.8. The van der Waals surface area contributed by atoms with Gasteiger partial charge in [0, 0.05) is 17.3 Å². The highest BCUT2D eigenvalue weighted by Gasteiger charge is 2.48. The van der Waals surface area contributed by atoms with Gasteiger partial charge in [-0.2, -0.15) is 11.8 Å². The molecular formula is C31H39N3O5S. The summed E-state index contributed by atoms with van der Waals surface area (Å²) in [5.41, 5.74) is 0.888. The molecule has 2 N–H and O–H groups in total. The fraction of sp³-hybridized carbons (Fsp3) is 0.452. The average molecular weight is 566 g/mol. The van der Waals surface area contributed by atoms with Gasteiger partial charge in [-0.1, -0.05) is 31.0 Å². The first-order valence-electron chi connectivity index (χ1n) is 13.3. The Bertz CT molecular complexity index is 1230. The highest BCUT2D eigenvalue weighted by atomic mass is 32.2. The van der Waals surface area contributed by atoms with E-state index in [0.29, 0.717) is 34.7 Å². The van der Waals surface area contributed by atoms with Crippen LogP contribution in [0.5, 0.6) is 5.75 Å². The first-order chi connectivity index (χ1) is 19.0. The highest BCUT2D eigenvalue weighted by Crippen LogP contribution is 2.41. The van der Waals surface area contributed by atoms with Crippen molar-refractivity contribution in [3.05, 3.63) is 59.7 Å². The van der Waals surface area contributed by atoms with Crippen molar-refractivity contribution in [2.45, 2.75) is 64.3 Å². The van der Waals surface area contributed by atoms with Crippen molar-refractivity contribution in [3.63, 3.8) is 0 Å². The average Bonchev–Trinajstić information content (AvgIpc) is 3.64. The second-order valence-electron chi connectivity index (χ2n) is 10.9. The van der Waals surface area contributed by atoms with Crippen LogP contribution in [-0.2, 0) is 14.3 Å². The largest absolute Gasteiger partial charge is 0.497 e. The summed E-state index contributed by atoms with van der Waals surface area (Å²) in [4.78, 5) is 42.7. The van der Waals surface area contributed by atoms with E-state index in [1.165, 1.54) is 0 Å². The number of terminal acetylenes is 1. The summed E-state index contributed by atoms with van der Waals surface area (Å²) >= 11 is 1.57. The Hall–Kier alpha value is -3.64. The van der Waals surface area contributed by atoms with E-state index in [9.17, 15) is 14.4 Å². The number of hydrogen-bond donors (Lipinski definition) is 2. The Kier molecular flexibility index (Phi) is 10.5. The molecule has 0 aliphatic heterocycles. The summed E-state index contributed by atoms with van der Waals surface area (Å²) in [6.45, 7) is 7.33. The number of nitrogens with zero attached hydrogens (tertiary/aromatic N) is 1. The van der Waals surface area contributed by atoms with Gasteiger partial charge in [-0.15, -0.1) is 6.42 Å². The maximum atomic E-state index is 14.3. The van der Waals surface area contributed by atoms with E-state index in [0.717, 1.165) is 6.42 Å². The van der Waals surface area contributed by atoms with E-state index in [4.69, 9.17) is 15.9 Å². The van der Waals surface area contributed by atoms with Crippen LogP contribution in [0.1, 0.15) is 57.7 Å². The lowest BCUT2D eigenvalue weighted by molar-refractivity contribution is -0.141. The SMILES string of the molecule is C#Cc1ccccc1C(C(=O)Nc1ccc(OC)cc1)N(C(=O)C(CCSC)NC(=O)OC(C)(C)C)C1CC1C. The zero-order chi connectivity index (χ0) is 29.4. The molecule has 0 heterocycles. The lowest BCUT2D eigenvalue weighted by atomic mass is 9.97. The van der Waals surface area contributed by atoms with Crippen LogP contribution in [0.2, 0.25) is 0 Å². The molecular weight excluding hydrogens is 526 g/mol. The minimum Gasteiger partial charge on any atom is -0.497 e. The molecule has 4 atom stereocenters. The molecule has 1 fully saturated rings. The van der Waals surface area contributed by atoms with Gasteiger partial charge in [0.25, 0.3) is 5.91 Å². The van der Waals surface area contributed by atoms with Crippen LogP contribution in [0.3, 0.4) is 0 Å². The Balaban J connectivity index is 2.04. The fourth-order valence-corrected chi connectivity index (χ4v) is 4.94. The van der Waals surface area contributed by atoms with Gasteiger partial charge in [0.2, 0.25) is 5.91 Å². The number of thioether (sulfide) groups is 1. The maximum absolute atomic E-state index is 14.3. The summed E-state index contributed by atoms with van der Waals surface area (Å²) in [6, 6.07) is 12.0. The van der Waals surface area contributed by atoms with E-state index in [1.54, 1.807) is 93.1 Å². The molecule has 4 unspecified atom stereocenters. The molecule has 1 aliphatic rings. The molecule has 40 heavy (non-hydrogen) atoms. The van der Waals surface area contributed by atoms with Crippen molar-refractivity contribution >= 4 is 35.4 Å². The summed E-state index contributed by atoms with van der Waals surface area (Å²) in [5.74, 6) is 3.38. The Morgan fingerprint density at radius 2 is 1.80 bits per heavy atom. The molecule has 0 radical (unpaired) electrons. The van der Waals surface area contributed by atoms with Crippen LogP contribution >= 0.6 is 11.8 Å². The molecule has 0 saturated heterocycles. The molecule has 9 heteroatoms. The van der Waals surface area contributed by atoms with Crippen molar-refractivity contribution < 1.29 is 23.9 Å². The number of ether oxygens (including phenoxy) is 2. The number of anilines is 1. The number of rotatable bonds is 11. The van der Waals surface area contributed by atoms with E-state index in [2.05, 4.69) is 16.6 Å². The minimum atomic E-state index is -1.02. The molecule has 0 bridgehead atoms. The smallest absolute Gasteiger partial charge is 0.408 e. The number of carbonyl (C=O) groups is 3. The number of hydrogen-bond acceptors (Lipinski definition) is 6. The summed E-state index contributed by atoms with van der Waals surface area (Å²) < 4.78 is 10.7. The fourth-order valence-electron chi connectivity index (χ4n) is 4.46. The molecule has 3 rings (SSSR count). The predicted molar refractivity (Wildman–Crippen MR) is 159 cm³/mol. The second kappa shape index (κ2) is 13.6. The van der Waals surface area contributed by atoms with Crippen molar-refractivity contribution in [3.8, 4) is 18.1 Å². The van der Waals surface area contributed by atoms with Gasteiger partial charge >= 0.3 is 6.09 Å². The quantitative estimate of drug-likeness (QED) is 0.362. The Morgan fingerprint density at radius 3 is 2.35 bits per heavy atom. The third kappa shape index (κ3) is 8.18. The van der Waals surface area contributed by atoms with Gasteiger partial charge in [0.05, 0.1) is 7.11 Å². The van der Waals surface area contributed by atoms with Crippen molar-refractivity contribution in [2.75, 3.05) is 24.4 Å². The molecule has 2 aromatic rings. The number of benzene rings is 2. The first kappa shape index (κ1) is 30.9. The normalized spacial score (nSPS) is 17.5. The predicted octanol–water partition coefficient (Wildman–Crippen LogP) is 5.24. The molecule has 2 aromatic carbocycles. The number of alkyl carbamates (subject to hydrolysis) is 1. The van der Waals surface area contributed by atoms with Gasteiger partial charge < -0.3 is 25.0 Å². The van der Waals surface area contributed by atoms with Gasteiger partial charge in [-0.25, -0.2) is 4.79 Å². The minimum absolute atomic E-state index is 0.181. The Morgan fingerprint density at radius 1 is 1.15 bits per heavy atom. The third-order valence-electron chi connectivity index (χ3n) is 6.57. The molecule has 8 nitrogen and oxygen atoms in total. The summed E-state index contributed by atoms with van der Waals surface area (Å²) in [6.07, 6.45) is 8.21. The zero-order valence-electron chi connectivity index (χ0n) is 24.0. The van der Waals surface area contributed by atoms with Crippen LogP contribution < -0.4 is 15.4 Å². The van der Waals surface area contributed by atoms with Crippen LogP contribution in [0.15, 0.2) is 48.5 Å². The van der Waals surface area contributed by atoms with Gasteiger partial charge in [0.15, 0.2) is 0 Å². The van der Waals surface area contributed by atoms with Crippen LogP contribution in [0.25, 0.3) is 0 Å². The van der Waals surface area contributed by atoms with E-state index in [-0.39, 0.29) is 17.9 Å². The molecule has 214 valence electrons. The van der Waals surface area contributed by atoms with E-state index >= 15 is 0 Å². The number of nitrogens with one attached hydrogen (secondary N) is 2. The monoisotopic (exact) mass is 565 g/mol. The summed E-state index contributed by atoms with van der Waals surface area (Å²) in [5, 5.41) is 5.73. The van der Waals surface area contributed by atoms with Crippen LogP contribution in [0, 0.1) is 18.3 Å². The third-order valence-corrected chi connectivity index (χ3v) is 7.22. The highest BCUT2D eigenvalue weighted by molar-refractivity contribution is 7.98. The molecule has 0 aromatic heterocycles. The number of carbonyl (C=O) groups excluding carboxylic acids is 3. The Labute approximate surface area is 241 Å². The van der Waals surface area contributed by atoms with E-state index < -0.39 is 29.7 Å². The second-order valence-corrected chi connectivity index (χ2v) is 11.8. The molecule has 1 aliphatic carbocycles. The molecule has 1 saturated carbocycles. The topological polar surface area (TPSA) is 97.0 Å². The van der Waals surface area contributed by atoms with Crippen LogP contribution in [0.4, 0.5) is 10.5 Å². The molecule has 0 spiro atoms. The lowest BCUT2D eigenvalue weighted by Gasteiger charge is -2.35. The first-order valence-corrected chi connectivity index (χ1v) is 14.7. The lowest BCUT2D eigenvalue weighted by Crippen LogP contribution is -2.53. The summed E-state index contributed by atoms with van der Waals surface area (Å²) in [7, 11) is 1.57. The number of methoxy groups -OCH3 is 1. The van der Waals surface area contributed by atoms with Gasteiger partial charge in [-0.05, 0) is 87.4 Å². The van der Waals surface area contributed by atoms with Crippen LogP contribution in [-0.4, -0.2) is 59.6 Å². The van der Waals surface area contributed by atoms with Gasteiger partial charge in [-0.3, -0.25) is 9.59 Å². The number of amides is 3. The maximum Gasteiger partial charge on any atom is 0.408 e. The van der Waals surface area contributed by atoms with E-state index in [1.807, 2.05) is 13.2 Å². The van der Waals surface area contributed by atoms with Crippen molar-refractivity contribution in [2.24, 2.45) is 5.92 Å². The molecule has 3 amide bonds. The van der Waals surface area contributed by atoms with Gasteiger partial charge in [0.1, 0.15) is 23.4 Å².